The average molecular weight is 350 g/mol. The minimum Gasteiger partial charge on any atom is -0.387 e. The van der Waals surface area contributed by atoms with Crippen LogP contribution in [0.2, 0.25) is 0 Å². The van der Waals surface area contributed by atoms with Crippen molar-refractivity contribution in [1.82, 2.24) is 20.2 Å². The molecular formula is C21H26N4O. The van der Waals surface area contributed by atoms with E-state index in [1.165, 1.54) is 22.0 Å². The van der Waals surface area contributed by atoms with Gasteiger partial charge in [0.2, 0.25) is 0 Å². The van der Waals surface area contributed by atoms with Gasteiger partial charge in [0.25, 0.3) is 0 Å². The minimum absolute atomic E-state index is 0.636. The van der Waals surface area contributed by atoms with Crippen LogP contribution in [0.5, 0.6) is 0 Å². The number of benzene rings is 1. The molecule has 0 radical (unpaired) electrons. The van der Waals surface area contributed by atoms with E-state index in [-0.39, 0.29) is 0 Å². The number of hydrogen-bond donors (Lipinski definition) is 3. The number of rotatable bonds is 7. The summed E-state index contributed by atoms with van der Waals surface area (Å²) in [5.41, 5.74) is 3.05. The maximum atomic E-state index is 10.8. The Balaban J connectivity index is 1.48. The SMILES string of the molecule is O[C@]1(CN(CCc2c[nH]c3ccccc23)Cc2cccnc2)CCNC1. The van der Waals surface area contributed by atoms with Gasteiger partial charge in [0.05, 0.1) is 5.60 Å². The summed E-state index contributed by atoms with van der Waals surface area (Å²) in [5.74, 6) is 0. The number of aliphatic hydroxyl groups is 1. The molecule has 3 N–H and O–H groups in total. The lowest BCUT2D eigenvalue weighted by Gasteiger charge is -2.31. The second-order valence-corrected chi connectivity index (χ2v) is 7.33. The number of hydrogen-bond acceptors (Lipinski definition) is 4. The Kier molecular flexibility index (Phi) is 5.02. The Labute approximate surface area is 154 Å². The van der Waals surface area contributed by atoms with Gasteiger partial charge in [-0.3, -0.25) is 9.88 Å². The molecule has 1 atom stereocenters. The Morgan fingerprint density at radius 3 is 2.92 bits per heavy atom. The molecule has 0 amide bonds. The van der Waals surface area contributed by atoms with E-state index in [2.05, 4.69) is 56.7 Å². The molecule has 3 aromatic rings. The predicted octanol–water partition coefficient (Wildman–Crippen LogP) is 2.33. The molecule has 2 aromatic heterocycles. The summed E-state index contributed by atoms with van der Waals surface area (Å²) in [4.78, 5) is 9.94. The van der Waals surface area contributed by atoms with Crippen LogP contribution in [0.3, 0.4) is 0 Å². The van der Waals surface area contributed by atoms with Gasteiger partial charge in [0, 0.05) is 55.7 Å². The number of aromatic amines is 1. The average Bonchev–Trinajstić information content (AvgIpc) is 3.27. The van der Waals surface area contributed by atoms with Crippen LogP contribution in [-0.2, 0) is 13.0 Å². The van der Waals surface area contributed by atoms with E-state index < -0.39 is 5.60 Å². The first-order chi connectivity index (χ1) is 12.7. The van der Waals surface area contributed by atoms with E-state index in [0.29, 0.717) is 13.1 Å². The molecular weight excluding hydrogens is 324 g/mol. The smallest absolute Gasteiger partial charge is 0.0909 e. The van der Waals surface area contributed by atoms with E-state index in [0.717, 1.165) is 32.5 Å². The zero-order chi connectivity index (χ0) is 17.8. The summed E-state index contributed by atoms with van der Waals surface area (Å²) >= 11 is 0. The van der Waals surface area contributed by atoms with Gasteiger partial charge in [-0.25, -0.2) is 0 Å². The van der Waals surface area contributed by atoms with Gasteiger partial charge in [-0.1, -0.05) is 24.3 Å². The largest absolute Gasteiger partial charge is 0.387 e. The van der Waals surface area contributed by atoms with E-state index in [9.17, 15) is 5.11 Å². The van der Waals surface area contributed by atoms with Crippen molar-refractivity contribution in [3.63, 3.8) is 0 Å². The van der Waals surface area contributed by atoms with Crippen molar-refractivity contribution >= 4 is 10.9 Å². The van der Waals surface area contributed by atoms with Gasteiger partial charge in [-0.2, -0.15) is 0 Å². The zero-order valence-corrected chi connectivity index (χ0v) is 15.0. The number of β-amino-alcohol motifs (C(OH)–C–C–N with tert-alkyl or cyclic N) is 1. The fraction of sp³-hybridized carbons (Fsp3) is 0.381. The molecule has 0 unspecified atom stereocenters. The van der Waals surface area contributed by atoms with Crippen molar-refractivity contribution in [2.45, 2.75) is 25.0 Å². The predicted molar refractivity (Wildman–Crippen MR) is 104 cm³/mol. The van der Waals surface area contributed by atoms with Crippen molar-refractivity contribution in [1.29, 1.82) is 0 Å². The maximum Gasteiger partial charge on any atom is 0.0909 e. The van der Waals surface area contributed by atoms with Crippen LogP contribution in [0.1, 0.15) is 17.5 Å². The van der Waals surface area contributed by atoms with Crippen molar-refractivity contribution in [2.24, 2.45) is 0 Å². The molecule has 0 saturated carbocycles. The van der Waals surface area contributed by atoms with Crippen LogP contribution in [-0.4, -0.2) is 51.8 Å². The number of H-pyrrole nitrogens is 1. The third-order valence-corrected chi connectivity index (χ3v) is 5.24. The number of fused-ring (bicyclic) bond motifs is 1. The number of aromatic nitrogens is 2. The fourth-order valence-corrected chi connectivity index (χ4v) is 3.86. The van der Waals surface area contributed by atoms with Gasteiger partial charge in [0.15, 0.2) is 0 Å². The molecule has 5 heteroatoms. The van der Waals surface area contributed by atoms with Crippen LogP contribution in [0.15, 0.2) is 55.0 Å². The number of para-hydroxylation sites is 1. The highest BCUT2D eigenvalue weighted by molar-refractivity contribution is 5.83. The van der Waals surface area contributed by atoms with Gasteiger partial charge in [0.1, 0.15) is 0 Å². The lowest BCUT2D eigenvalue weighted by atomic mass is 10.0. The van der Waals surface area contributed by atoms with E-state index in [4.69, 9.17) is 0 Å². The third kappa shape index (κ3) is 3.96. The van der Waals surface area contributed by atoms with E-state index in [1.807, 2.05) is 12.3 Å². The van der Waals surface area contributed by atoms with Crippen molar-refractivity contribution in [3.8, 4) is 0 Å². The van der Waals surface area contributed by atoms with Crippen LogP contribution in [0, 0.1) is 0 Å². The first kappa shape index (κ1) is 17.2. The number of nitrogens with one attached hydrogen (secondary N) is 2. The highest BCUT2D eigenvalue weighted by atomic mass is 16.3. The van der Waals surface area contributed by atoms with Crippen LogP contribution in [0.25, 0.3) is 10.9 Å². The molecule has 1 aliphatic rings. The van der Waals surface area contributed by atoms with Crippen molar-refractivity contribution in [3.05, 3.63) is 66.1 Å². The molecule has 26 heavy (non-hydrogen) atoms. The van der Waals surface area contributed by atoms with Gasteiger partial charge in [-0.15, -0.1) is 0 Å². The molecule has 4 rings (SSSR count). The van der Waals surface area contributed by atoms with E-state index in [1.54, 1.807) is 6.20 Å². The lowest BCUT2D eigenvalue weighted by Crippen LogP contribution is -2.45. The highest BCUT2D eigenvalue weighted by Gasteiger charge is 2.33. The lowest BCUT2D eigenvalue weighted by molar-refractivity contribution is 0.0186. The normalized spacial score (nSPS) is 20.2. The molecule has 1 aromatic carbocycles. The van der Waals surface area contributed by atoms with Crippen molar-refractivity contribution < 1.29 is 5.11 Å². The Morgan fingerprint density at radius 2 is 2.12 bits per heavy atom. The maximum absolute atomic E-state index is 10.8. The Bertz CT molecular complexity index is 839. The monoisotopic (exact) mass is 350 g/mol. The fourth-order valence-electron chi connectivity index (χ4n) is 3.86. The van der Waals surface area contributed by atoms with Crippen LogP contribution < -0.4 is 5.32 Å². The second-order valence-electron chi connectivity index (χ2n) is 7.33. The Hall–Kier alpha value is -2.21. The number of nitrogens with zero attached hydrogens (tertiary/aromatic N) is 2. The first-order valence-corrected chi connectivity index (χ1v) is 9.31. The number of pyridine rings is 1. The third-order valence-electron chi connectivity index (χ3n) is 5.24. The summed E-state index contributed by atoms with van der Waals surface area (Å²) in [5, 5.41) is 15.4. The van der Waals surface area contributed by atoms with Crippen LogP contribution in [0.4, 0.5) is 0 Å². The Morgan fingerprint density at radius 1 is 1.19 bits per heavy atom. The zero-order valence-electron chi connectivity index (χ0n) is 15.0. The molecule has 1 aliphatic heterocycles. The summed E-state index contributed by atoms with van der Waals surface area (Å²) in [7, 11) is 0. The molecule has 0 spiro atoms. The minimum atomic E-state index is -0.636. The first-order valence-electron chi connectivity index (χ1n) is 9.31. The summed E-state index contributed by atoms with van der Waals surface area (Å²) < 4.78 is 0. The highest BCUT2D eigenvalue weighted by Crippen LogP contribution is 2.21. The van der Waals surface area contributed by atoms with Crippen molar-refractivity contribution in [2.75, 3.05) is 26.2 Å². The second kappa shape index (κ2) is 7.58. The van der Waals surface area contributed by atoms with Gasteiger partial charge in [-0.05, 0) is 42.6 Å². The quantitative estimate of drug-likeness (QED) is 0.612. The van der Waals surface area contributed by atoms with Gasteiger partial charge < -0.3 is 15.4 Å². The molecule has 0 aliphatic carbocycles. The van der Waals surface area contributed by atoms with E-state index >= 15 is 0 Å². The molecule has 1 fully saturated rings. The standard InChI is InChI=1S/C21H26N4O/c26-21(8-10-23-15-21)16-25(14-17-4-3-9-22-12-17)11-7-18-13-24-20-6-2-1-5-19(18)20/h1-6,9,12-13,23-24,26H,7-8,10-11,14-16H2/t21-/m1/s1. The molecule has 0 bridgehead atoms. The summed E-state index contributed by atoms with van der Waals surface area (Å²) in [6.07, 6.45) is 7.58. The summed E-state index contributed by atoms with van der Waals surface area (Å²) in [6.45, 7) is 3.94. The molecule has 1 saturated heterocycles. The summed E-state index contributed by atoms with van der Waals surface area (Å²) in [6, 6.07) is 12.5. The molecule has 136 valence electrons. The molecule has 3 heterocycles. The van der Waals surface area contributed by atoms with Crippen LogP contribution >= 0.6 is 0 Å². The topological polar surface area (TPSA) is 64.2 Å². The van der Waals surface area contributed by atoms with Gasteiger partial charge >= 0.3 is 0 Å². The molecule has 5 nitrogen and oxygen atoms in total.